The fourth-order valence-electron chi connectivity index (χ4n) is 2.62. The Hall–Kier alpha value is -2.06. The molecule has 2 heteroatoms. The third-order valence-electron chi connectivity index (χ3n) is 3.97. The van der Waals surface area contributed by atoms with Crippen LogP contribution >= 0.6 is 0 Å². The Morgan fingerprint density at radius 2 is 1.52 bits per heavy atom. The third kappa shape index (κ3) is 4.46. The van der Waals surface area contributed by atoms with Crippen molar-refractivity contribution in [2.75, 3.05) is 19.0 Å². The molecular formula is C21H27NO. The first-order valence-electron chi connectivity index (χ1n) is 8.02. The number of aliphatic hydroxyl groups excluding tert-OH is 1. The van der Waals surface area contributed by atoms with Gasteiger partial charge in [0.05, 0.1) is 6.10 Å². The lowest BCUT2D eigenvalue weighted by Crippen LogP contribution is -2.11. The molecule has 2 rings (SSSR count). The SMILES string of the molecule is CN(C)c1ccc(C(=CC(O)c2ccccc2)C(C)(C)C)cc1. The Bertz CT molecular complexity index is 648. The molecule has 1 atom stereocenters. The van der Waals surface area contributed by atoms with E-state index >= 15 is 0 Å². The number of benzene rings is 2. The van der Waals surface area contributed by atoms with Crippen LogP contribution in [0.15, 0.2) is 60.7 Å². The molecule has 0 aliphatic heterocycles. The minimum atomic E-state index is -0.598. The lowest BCUT2D eigenvalue weighted by atomic mass is 9.81. The van der Waals surface area contributed by atoms with Gasteiger partial charge in [-0.1, -0.05) is 63.2 Å². The van der Waals surface area contributed by atoms with Gasteiger partial charge in [0.15, 0.2) is 0 Å². The summed E-state index contributed by atoms with van der Waals surface area (Å²) in [5.74, 6) is 0. The molecule has 2 aromatic carbocycles. The van der Waals surface area contributed by atoms with Crippen LogP contribution < -0.4 is 4.90 Å². The van der Waals surface area contributed by atoms with Crippen molar-refractivity contribution in [1.82, 2.24) is 0 Å². The van der Waals surface area contributed by atoms with Crippen molar-refractivity contribution in [1.29, 1.82) is 0 Å². The second-order valence-electron chi connectivity index (χ2n) is 7.13. The Labute approximate surface area is 140 Å². The molecule has 0 spiro atoms. The van der Waals surface area contributed by atoms with Crippen molar-refractivity contribution < 1.29 is 5.11 Å². The molecular weight excluding hydrogens is 282 g/mol. The van der Waals surface area contributed by atoms with Crippen LogP contribution in [0.25, 0.3) is 5.57 Å². The van der Waals surface area contributed by atoms with Gasteiger partial charge in [-0.2, -0.15) is 0 Å². The molecule has 2 nitrogen and oxygen atoms in total. The Morgan fingerprint density at radius 3 is 2.00 bits per heavy atom. The summed E-state index contributed by atoms with van der Waals surface area (Å²) in [6.45, 7) is 6.53. The van der Waals surface area contributed by atoms with E-state index in [1.165, 1.54) is 5.69 Å². The van der Waals surface area contributed by atoms with Crippen molar-refractivity contribution in [3.8, 4) is 0 Å². The van der Waals surface area contributed by atoms with Gasteiger partial charge < -0.3 is 10.0 Å². The Balaban J connectivity index is 2.39. The highest BCUT2D eigenvalue weighted by Crippen LogP contribution is 2.36. The molecule has 2 aromatic rings. The van der Waals surface area contributed by atoms with E-state index in [2.05, 4.69) is 49.9 Å². The van der Waals surface area contributed by atoms with Crippen LogP contribution in [0.5, 0.6) is 0 Å². The predicted molar refractivity (Wildman–Crippen MR) is 99.6 cm³/mol. The van der Waals surface area contributed by atoms with Crippen molar-refractivity contribution >= 4 is 11.3 Å². The van der Waals surface area contributed by atoms with Crippen molar-refractivity contribution in [3.63, 3.8) is 0 Å². The Kier molecular flexibility index (Phi) is 5.27. The average molecular weight is 309 g/mol. The van der Waals surface area contributed by atoms with Gasteiger partial charge in [0.1, 0.15) is 0 Å². The normalized spacial score (nSPS) is 13.7. The van der Waals surface area contributed by atoms with Crippen LogP contribution in [0, 0.1) is 5.41 Å². The number of hydrogen-bond acceptors (Lipinski definition) is 2. The Morgan fingerprint density at radius 1 is 0.957 bits per heavy atom. The number of anilines is 1. The second kappa shape index (κ2) is 7.01. The highest BCUT2D eigenvalue weighted by molar-refractivity contribution is 5.71. The van der Waals surface area contributed by atoms with E-state index in [1.807, 2.05) is 50.5 Å². The first-order valence-corrected chi connectivity index (χ1v) is 8.02. The van der Waals surface area contributed by atoms with Gasteiger partial charge in [0, 0.05) is 19.8 Å². The van der Waals surface area contributed by atoms with E-state index in [-0.39, 0.29) is 5.41 Å². The highest BCUT2D eigenvalue weighted by Gasteiger charge is 2.20. The molecule has 23 heavy (non-hydrogen) atoms. The van der Waals surface area contributed by atoms with E-state index < -0.39 is 6.10 Å². The fraction of sp³-hybridized carbons (Fsp3) is 0.333. The minimum Gasteiger partial charge on any atom is -0.384 e. The second-order valence-corrected chi connectivity index (χ2v) is 7.13. The quantitative estimate of drug-likeness (QED) is 0.867. The van der Waals surface area contributed by atoms with Crippen molar-refractivity contribution in [2.45, 2.75) is 26.9 Å². The van der Waals surface area contributed by atoms with E-state index in [0.29, 0.717) is 0 Å². The van der Waals surface area contributed by atoms with Gasteiger partial charge >= 0.3 is 0 Å². The lowest BCUT2D eigenvalue weighted by Gasteiger charge is -2.25. The molecule has 0 amide bonds. The summed E-state index contributed by atoms with van der Waals surface area (Å²) < 4.78 is 0. The fourth-order valence-corrected chi connectivity index (χ4v) is 2.62. The van der Waals surface area contributed by atoms with Gasteiger partial charge in [-0.05, 0) is 40.3 Å². The van der Waals surface area contributed by atoms with Crippen LogP contribution in [-0.4, -0.2) is 19.2 Å². The zero-order valence-electron chi connectivity index (χ0n) is 14.7. The molecule has 0 radical (unpaired) electrons. The maximum atomic E-state index is 10.6. The topological polar surface area (TPSA) is 23.5 Å². The molecule has 1 unspecified atom stereocenters. The van der Waals surface area contributed by atoms with E-state index in [1.54, 1.807) is 0 Å². The third-order valence-corrected chi connectivity index (χ3v) is 3.97. The molecule has 122 valence electrons. The summed E-state index contributed by atoms with van der Waals surface area (Å²) in [5, 5.41) is 10.6. The molecule has 0 saturated heterocycles. The molecule has 0 aromatic heterocycles. The summed E-state index contributed by atoms with van der Waals surface area (Å²) in [6.07, 6.45) is 1.37. The molecule has 0 aliphatic carbocycles. The van der Waals surface area contributed by atoms with Gasteiger partial charge in [-0.3, -0.25) is 0 Å². The molecule has 0 heterocycles. The highest BCUT2D eigenvalue weighted by atomic mass is 16.3. The van der Waals surface area contributed by atoms with Crippen LogP contribution in [0.2, 0.25) is 0 Å². The maximum Gasteiger partial charge on any atom is 0.0977 e. The van der Waals surface area contributed by atoms with Gasteiger partial charge in [-0.25, -0.2) is 0 Å². The molecule has 0 aliphatic rings. The summed E-state index contributed by atoms with van der Waals surface area (Å²) in [7, 11) is 4.07. The van der Waals surface area contributed by atoms with Crippen LogP contribution in [0.1, 0.15) is 38.0 Å². The summed E-state index contributed by atoms with van der Waals surface area (Å²) in [6, 6.07) is 18.3. The molecule has 0 bridgehead atoms. The van der Waals surface area contributed by atoms with Crippen LogP contribution in [0.4, 0.5) is 5.69 Å². The zero-order valence-corrected chi connectivity index (χ0v) is 14.7. The lowest BCUT2D eigenvalue weighted by molar-refractivity contribution is 0.228. The number of nitrogens with zero attached hydrogens (tertiary/aromatic N) is 1. The molecule has 0 fully saturated rings. The minimum absolute atomic E-state index is 0.0462. The number of allylic oxidation sites excluding steroid dienone is 1. The van der Waals surface area contributed by atoms with Crippen LogP contribution in [0.3, 0.4) is 0 Å². The largest absolute Gasteiger partial charge is 0.384 e. The van der Waals surface area contributed by atoms with E-state index in [9.17, 15) is 5.11 Å². The first kappa shape index (κ1) is 17.3. The van der Waals surface area contributed by atoms with E-state index in [4.69, 9.17) is 0 Å². The number of aliphatic hydroxyl groups is 1. The first-order chi connectivity index (χ1) is 10.8. The van der Waals surface area contributed by atoms with Crippen molar-refractivity contribution in [3.05, 3.63) is 71.8 Å². The van der Waals surface area contributed by atoms with Gasteiger partial charge in [0.25, 0.3) is 0 Å². The number of hydrogen-bond donors (Lipinski definition) is 1. The van der Waals surface area contributed by atoms with E-state index in [0.717, 1.165) is 16.7 Å². The van der Waals surface area contributed by atoms with Crippen molar-refractivity contribution in [2.24, 2.45) is 5.41 Å². The predicted octanol–water partition coefficient (Wildman–Crippen LogP) is 4.92. The van der Waals surface area contributed by atoms with Gasteiger partial charge in [0.2, 0.25) is 0 Å². The zero-order chi connectivity index (χ0) is 17.0. The summed E-state index contributed by atoms with van der Waals surface area (Å²) in [4.78, 5) is 2.09. The smallest absolute Gasteiger partial charge is 0.0977 e. The molecule has 1 N–H and O–H groups in total. The number of rotatable bonds is 4. The van der Waals surface area contributed by atoms with Crippen LogP contribution in [-0.2, 0) is 0 Å². The standard InChI is InChI=1S/C21H27NO/c1-21(2,3)19(15-20(23)17-9-7-6-8-10-17)16-11-13-18(14-12-16)22(4)5/h6-15,20,23H,1-5H3. The van der Waals surface area contributed by atoms with Gasteiger partial charge in [-0.15, -0.1) is 0 Å². The maximum absolute atomic E-state index is 10.6. The molecule has 0 saturated carbocycles. The monoisotopic (exact) mass is 309 g/mol. The average Bonchev–Trinajstić information content (AvgIpc) is 2.52. The summed E-state index contributed by atoms with van der Waals surface area (Å²) in [5.41, 5.74) is 4.34. The summed E-state index contributed by atoms with van der Waals surface area (Å²) >= 11 is 0.